The average molecular weight is 292 g/mol. The second-order valence-electron chi connectivity index (χ2n) is 4.70. The van der Waals surface area contributed by atoms with E-state index in [9.17, 15) is 18.3 Å². The SMILES string of the molecule is Oc1cccn2c(Cc3cccc(C(F)(F)F)c3)ncc12. The molecular formula is C15H11F3N2O. The number of pyridine rings is 1. The maximum atomic E-state index is 12.7. The maximum absolute atomic E-state index is 12.7. The van der Waals surface area contributed by atoms with Crippen LogP contribution in [0.1, 0.15) is 17.0 Å². The molecule has 1 aromatic carbocycles. The van der Waals surface area contributed by atoms with E-state index in [-0.39, 0.29) is 12.2 Å². The summed E-state index contributed by atoms with van der Waals surface area (Å²) in [5.74, 6) is 0.653. The number of imidazole rings is 1. The molecule has 0 aliphatic carbocycles. The minimum absolute atomic E-state index is 0.0836. The Balaban J connectivity index is 1.98. The Morgan fingerprint density at radius 1 is 1.14 bits per heavy atom. The predicted octanol–water partition coefficient (Wildman–Crippen LogP) is 3.65. The van der Waals surface area contributed by atoms with Gasteiger partial charge < -0.3 is 9.51 Å². The molecule has 0 bridgehead atoms. The van der Waals surface area contributed by atoms with Crippen molar-refractivity contribution < 1.29 is 18.3 Å². The van der Waals surface area contributed by atoms with Crippen molar-refractivity contribution in [1.29, 1.82) is 0 Å². The van der Waals surface area contributed by atoms with E-state index in [1.807, 2.05) is 0 Å². The second kappa shape index (κ2) is 4.80. The summed E-state index contributed by atoms with van der Waals surface area (Å²) in [7, 11) is 0. The van der Waals surface area contributed by atoms with Crippen LogP contribution in [-0.2, 0) is 12.6 Å². The van der Waals surface area contributed by atoms with Gasteiger partial charge in [0.15, 0.2) is 0 Å². The van der Waals surface area contributed by atoms with E-state index in [1.165, 1.54) is 18.3 Å². The average Bonchev–Trinajstić information content (AvgIpc) is 2.83. The van der Waals surface area contributed by atoms with Crippen LogP contribution in [0.4, 0.5) is 13.2 Å². The van der Waals surface area contributed by atoms with Crippen LogP contribution in [0.15, 0.2) is 48.8 Å². The molecule has 0 atom stereocenters. The Bertz CT molecular complexity index is 793. The second-order valence-corrected chi connectivity index (χ2v) is 4.70. The van der Waals surface area contributed by atoms with E-state index in [4.69, 9.17) is 0 Å². The summed E-state index contributed by atoms with van der Waals surface area (Å²) in [5, 5.41) is 9.69. The third-order valence-corrected chi connectivity index (χ3v) is 3.24. The minimum Gasteiger partial charge on any atom is -0.506 e. The van der Waals surface area contributed by atoms with Gasteiger partial charge in [-0.1, -0.05) is 18.2 Å². The molecule has 21 heavy (non-hydrogen) atoms. The van der Waals surface area contributed by atoms with Crippen LogP contribution in [0, 0.1) is 0 Å². The van der Waals surface area contributed by atoms with Crippen molar-refractivity contribution in [3.63, 3.8) is 0 Å². The van der Waals surface area contributed by atoms with Crippen LogP contribution in [-0.4, -0.2) is 14.5 Å². The van der Waals surface area contributed by atoms with Crippen molar-refractivity contribution in [2.45, 2.75) is 12.6 Å². The van der Waals surface area contributed by atoms with E-state index in [2.05, 4.69) is 4.98 Å². The molecule has 0 radical (unpaired) electrons. The summed E-state index contributed by atoms with van der Waals surface area (Å²) in [4.78, 5) is 4.16. The van der Waals surface area contributed by atoms with Crippen molar-refractivity contribution >= 4 is 5.52 Å². The van der Waals surface area contributed by atoms with Crippen molar-refractivity contribution in [3.8, 4) is 5.75 Å². The van der Waals surface area contributed by atoms with Gasteiger partial charge in [0.1, 0.15) is 17.1 Å². The van der Waals surface area contributed by atoms with Crippen LogP contribution in [0.2, 0.25) is 0 Å². The number of hydrogen-bond acceptors (Lipinski definition) is 2. The molecule has 108 valence electrons. The Morgan fingerprint density at radius 2 is 1.95 bits per heavy atom. The van der Waals surface area contributed by atoms with Gasteiger partial charge in [0.2, 0.25) is 0 Å². The monoisotopic (exact) mass is 292 g/mol. The minimum atomic E-state index is -4.36. The van der Waals surface area contributed by atoms with Gasteiger partial charge in [-0.3, -0.25) is 0 Å². The lowest BCUT2D eigenvalue weighted by molar-refractivity contribution is -0.137. The number of rotatable bonds is 2. The maximum Gasteiger partial charge on any atom is 0.416 e. The first kappa shape index (κ1) is 13.5. The molecule has 2 heterocycles. The van der Waals surface area contributed by atoms with Gasteiger partial charge >= 0.3 is 6.18 Å². The molecule has 0 fully saturated rings. The third-order valence-electron chi connectivity index (χ3n) is 3.24. The Labute approximate surface area is 118 Å². The molecule has 3 aromatic rings. The molecule has 2 aromatic heterocycles. The van der Waals surface area contributed by atoms with Gasteiger partial charge in [-0.25, -0.2) is 4.98 Å². The molecule has 0 spiro atoms. The summed E-state index contributed by atoms with van der Waals surface area (Å²) >= 11 is 0. The number of aromatic nitrogens is 2. The van der Waals surface area contributed by atoms with E-state index in [1.54, 1.807) is 22.7 Å². The van der Waals surface area contributed by atoms with Gasteiger partial charge in [-0.05, 0) is 23.8 Å². The van der Waals surface area contributed by atoms with Crippen molar-refractivity contribution in [3.05, 3.63) is 65.7 Å². The lowest BCUT2D eigenvalue weighted by Gasteiger charge is -2.08. The molecule has 3 nitrogen and oxygen atoms in total. The molecule has 0 saturated heterocycles. The summed E-state index contributed by atoms with van der Waals surface area (Å²) in [6.45, 7) is 0. The van der Waals surface area contributed by atoms with Gasteiger partial charge in [0.05, 0.1) is 11.8 Å². The van der Waals surface area contributed by atoms with Gasteiger partial charge in [0.25, 0.3) is 0 Å². The first-order valence-corrected chi connectivity index (χ1v) is 6.25. The molecule has 1 N–H and O–H groups in total. The zero-order valence-corrected chi connectivity index (χ0v) is 10.8. The van der Waals surface area contributed by atoms with E-state index >= 15 is 0 Å². The summed E-state index contributed by atoms with van der Waals surface area (Å²) in [6.07, 6.45) is -0.895. The van der Waals surface area contributed by atoms with E-state index < -0.39 is 11.7 Å². The highest BCUT2D eigenvalue weighted by Crippen LogP contribution is 2.30. The molecule has 0 saturated carbocycles. The predicted molar refractivity (Wildman–Crippen MR) is 71.1 cm³/mol. The quantitative estimate of drug-likeness (QED) is 0.783. The number of halogens is 3. The van der Waals surface area contributed by atoms with Crippen molar-refractivity contribution in [2.75, 3.05) is 0 Å². The van der Waals surface area contributed by atoms with Gasteiger partial charge in [-0.15, -0.1) is 0 Å². The Morgan fingerprint density at radius 3 is 2.71 bits per heavy atom. The number of alkyl halides is 3. The first-order valence-electron chi connectivity index (χ1n) is 6.25. The number of fused-ring (bicyclic) bond motifs is 1. The van der Waals surface area contributed by atoms with E-state index in [0.717, 1.165) is 12.1 Å². The molecule has 3 rings (SSSR count). The fourth-order valence-electron chi connectivity index (χ4n) is 2.23. The lowest BCUT2D eigenvalue weighted by Crippen LogP contribution is -2.05. The number of hydrogen-bond donors (Lipinski definition) is 1. The van der Waals surface area contributed by atoms with Crippen LogP contribution in [0.5, 0.6) is 5.75 Å². The Kier molecular flexibility index (Phi) is 3.08. The standard InChI is InChI=1S/C15H11F3N2O/c16-15(17,18)11-4-1-3-10(7-11)8-14-19-9-12-13(21)5-2-6-20(12)14/h1-7,9,21H,8H2. The normalized spacial score (nSPS) is 12.0. The fourth-order valence-corrected chi connectivity index (χ4v) is 2.23. The smallest absolute Gasteiger partial charge is 0.416 e. The van der Waals surface area contributed by atoms with Crippen LogP contribution < -0.4 is 0 Å². The number of aromatic hydroxyl groups is 1. The van der Waals surface area contributed by atoms with Gasteiger partial charge in [-0.2, -0.15) is 13.2 Å². The van der Waals surface area contributed by atoms with E-state index in [0.29, 0.717) is 16.9 Å². The summed E-state index contributed by atoms with van der Waals surface area (Å²) in [5.41, 5.74) is 0.365. The number of benzene rings is 1. The number of nitrogens with zero attached hydrogens (tertiary/aromatic N) is 2. The van der Waals surface area contributed by atoms with Crippen LogP contribution in [0.25, 0.3) is 5.52 Å². The highest BCUT2D eigenvalue weighted by Gasteiger charge is 2.30. The van der Waals surface area contributed by atoms with Gasteiger partial charge in [0, 0.05) is 12.6 Å². The van der Waals surface area contributed by atoms with Crippen molar-refractivity contribution in [1.82, 2.24) is 9.38 Å². The molecule has 0 aliphatic heterocycles. The largest absolute Gasteiger partial charge is 0.506 e. The Hall–Kier alpha value is -2.50. The zero-order valence-electron chi connectivity index (χ0n) is 10.8. The molecule has 6 heteroatoms. The molecular weight excluding hydrogens is 281 g/mol. The van der Waals surface area contributed by atoms with Crippen molar-refractivity contribution in [2.24, 2.45) is 0 Å². The molecule has 0 aliphatic rings. The lowest BCUT2D eigenvalue weighted by atomic mass is 10.1. The topological polar surface area (TPSA) is 37.5 Å². The zero-order chi connectivity index (χ0) is 15.0. The third kappa shape index (κ3) is 2.56. The van der Waals surface area contributed by atoms with Crippen LogP contribution in [0.3, 0.4) is 0 Å². The highest BCUT2D eigenvalue weighted by atomic mass is 19.4. The fraction of sp³-hybridized carbons (Fsp3) is 0.133. The van der Waals surface area contributed by atoms with Crippen LogP contribution >= 0.6 is 0 Å². The summed E-state index contributed by atoms with van der Waals surface area (Å²) in [6, 6.07) is 8.35. The highest BCUT2D eigenvalue weighted by molar-refractivity contribution is 5.58. The molecule has 0 unspecified atom stereocenters. The summed E-state index contributed by atoms with van der Waals surface area (Å²) < 4.78 is 39.8. The first-order chi connectivity index (χ1) is 9.95. The molecule has 0 amide bonds.